The van der Waals surface area contributed by atoms with Crippen molar-refractivity contribution in [1.29, 1.82) is 0 Å². The second kappa shape index (κ2) is 10.1. The van der Waals surface area contributed by atoms with Gasteiger partial charge in [-0.3, -0.25) is 9.78 Å². The maximum atomic E-state index is 12.0. The van der Waals surface area contributed by atoms with Gasteiger partial charge < -0.3 is 14.8 Å². The van der Waals surface area contributed by atoms with Crippen LogP contribution >= 0.6 is 0 Å². The smallest absolute Gasteiger partial charge is 0.161 e. The molecule has 4 rings (SSSR count). The number of rotatable bonds is 8. The average Bonchev–Trinajstić information content (AvgIpc) is 3.64. The van der Waals surface area contributed by atoms with Crippen molar-refractivity contribution in [2.75, 3.05) is 13.1 Å². The Bertz CT molecular complexity index is 890. The fourth-order valence-corrected chi connectivity index (χ4v) is 4.95. The molecular formula is C26H32N2O3. The highest BCUT2D eigenvalue weighted by atomic mass is 16.2. The van der Waals surface area contributed by atoms with E-state index in [-0.39, 0.29) is 5.78 Å². The van der Waals surface area contributed by atoms with E-state index in [4.69, 9.17) is 0 Å². The van der Waals surface area contributed by atoms with Crippen molar-refractivity contribution in [1.82, 2.24) is 9.88 Å². The van der Waals surface area contributed by atoms with E-state index in [0.717, 1.165) is 62.7 Å². The van der Waals surface area contributed by atoms with Crippen molar-refractivity contribution in [2.24, 2.45) is 11.8 Å². The topological polar surface area (TPSA) is 70.5 Å². The molecule has 5 heteroatoms. The molecule has 1 aromatic rings. The molecule has 1 saturated carbocycles. The van der Waals surface area contributed by atoms with E-state index in [1.807, 2.05) is 18.3 Å². The Morgan fingerprint density at radius 1 is 1.23 bits per heavy atom. The number of carbonyl (C=O) groups is 2. The van der Waals surface area contributed by atoms with Gasteiger partial charge >= 0.3 is 0 Å². The zero-order valence-corrected chi connectivity index (χ0v) is 18.1. The summed E-state index contributed by atoms with van der Waals surface area (Å²) in [6.07, 6.45) is 17.1. The Kier molecular flexibility index (Phi) is 7.00. The molecule has 1 saturated heterocycles. The number of allylic oxidation sites excluding steroid dienone is 3. The average molecular weight is 421 g/mol. The highest BCUT2D eigenvalue weighted by Gasteiger charge is 2.32. The van der Waals surface area contributed by atoms with Crippen LogP contribution < -0.4 is 0 Å². The van der Waals surface area contributed by atoms with Crippen LogP contribution in [0.25, 0.3) is 0 Å². The summed E-state index contributed by atoms with van der Waals surface area (Å²) in [6.45, 7) is 1.79. The van der Waals surface area contributed by atoms with Crippen LogP contribution in [0, 0.1) is 11.8 Å². The number of carbonyl (C=O) groups excluding carboxylic acids is 2. The van der Waals surface area contributed by atoms with E-state index in [1.165, 1.54) is 18.4 Å². The first-order valence-electron chi connectivity index (χ1n) is 11.6. The number of hydrogen-bond donors (Lipinski definition) is 1. The van der Waals surface area contributed by atoms with Gasteiger partial charge in [-0.15, -0.1) is 0 Å². The minimum atomic E-state index is 0.0789. The molecule has 1 aromatic heterocycles. The lowest BCUT2D eigenvalue weighted by atomic mass is 9.89. The summed E-state index contributed by atoms with van der Waals surface area (Å²) >= 11 is 0. The first-order chi connectivity index (χ1) is 15.2. The minimum absolute atomic E-state index is 0.0789. The first-order valence-corrected chi connectivity index (χ1v) is 11.6. The zero-order chi connectivity index (χ0) is 21.6. The third kappa shape index (κ3) is 5.52. The van der Waals surface area contributed by atoms with Crippen molar-refractivity contribution >= 4 is 12.1 Å². The van der Waals surface area contributed by atoms with Gasteiger partial charge in [0.15, 0.2) is 5.78 Å². The van der Waals surface area contributed by atoms with Gasteiger partial charge in [0.05, 0.1) is 12.0 Å². The summed E-state index contributed by atoms with van der Waals surface area (Å²) in [6, 6.07) is 4.30. The van der Waals surface area contributed by atoms with Crippen LogP contribution in [0.3, 0.4) is 0 Å². The number of nitrogens with zero attached hydrogens (tertiary/aromatic N) is 2. The van der Waals surface area contributed by atoms with E-state index in [1.54, 1.807) is 6.08 Å². The van der Waals surface area contributed by atoms with E-state index in [9.17, 15) is 14.7 Å². The number of aldehydes is 1. The summed E-state index contributed by atoms with van der Waals surface area (Å²) in [5, 5.41) is 9.58. The summed E-state index contributed by atoms with van der Waals surface area (Å²) < 4.78 is 0. The second-order valence-electron chi connectivity index (χ2n) is 9.08. The summed E-state index contributed by atoms with van der Waals surface area (Å²) in [7, 11) is 0. The largest absolute Gasteiger partial charge is 0.515 e. The molecule has 0 bridgehead atoms. The number of hydrogen-bond acceptors (Lipinski definition) is 5. The number of aliphatic hydroxyl groups is 1. The quantitative estimate of drug-likeness (QED) is 0.489. The number of piperidine rings is 1. The Labute approximate surface area is 184 Å². The normalized spacial score (nSPS) is 22.3. The highest BCUT2D eigenvalue weighted by molar-refractivity contribution is 5.93. The lowest BCUT2D eigenvalue weighted by Gasteiger charge is -2.35. The summed E-state index contributed by atoms with van der Waals surface area (Å²) in [5.74, 6) is 1.74. The molecule has 0 aromatic carbocycles. The summed E-state index contributed by atoms with van der Waals surface area (Å²) in [4.78, 5) is 29.9. The van der Waals surface area contributed by atoms with Crippen LogP contribution in [-0.2, 0) is 16.0 Å². The van der Waals surface area contributed by atoms with Gasteiger partial charge in [0, 0.05) is 49.5 Å². The van der Waals surface area contributed by atoms with E-state index in [0.29, 0.717) is 36.2 Å². The standard InChI is InChI=1S/C26H32N2O3/c29-15-11-25(20-5-6-20)21-8-12-27-23(16-21)7-4-19-9-13-28(14-10-19)26-17-24(31)3-1-2-22(26)18-30/h1-2,8,12,15-20,25,30H,3-7,9-11,13-14H2. The molecular weight excluding hydrogens is 388 g/mol. The Hall–Kier alpha value is -2.69. The van der Waals surface area contributed by atoms with E-state index >= 15 is 0 Å². The minimum Gasteiger partial charge on any atom is -0.515 e. The number of aryl methyl sites for hydroxylation is 1. The van der Waals surface area contributed by atoms with Crippen LogP contribution in [0.2, 0.25) is 0 Å². The molecule has 5 nitrogen and oxygen atoms in total. The van der Waals surface area contributed by atoms with Gasteiger partial charge in [0.2, 0.25) is 0 Å². The molecule has 2 heterocycles. The van der Waals surface area contributed by atoms with Crippen LogP contribution in [0.15, 0.2) is 54.1 Å². The number of pyridine rings is 1. The molecule has 1 atom stereocenters. The van der Waals surface area contributed by atoms with Crippen LogP contribution in [0.4, 0.5) is 0 Å². The van der Waals surface area contributed by atoms with Gasteiger partial charge in [-0.25, -0.2) is 0 Å². The molecule has 0 amide bonds. The fraction of sp³-hybridized carbons (Fsp3) is 0.500. The monoisotopic (exact) mass is 420 g/mol. The first kappa shape index (κ1) is 21.5. The molecule has 2 aliphatic carbocycles. The van der Waals surface area contributed by atoms with Crippen molar-refractivity contribution < 1.29 is 14.7 Å². The van der Waals surface area contributed by atoms with Crippen LogP contribution in [0.1, 0.15) is 62.1 Å². The van der Waals surface area contributed by atoms with Crippen molar-refractivity contribution in [3.8, 4) is 0 Å². The summed E-state index contributed by atoms with van der Waals surface area (Å²) in [5.41, 5.74) is 3.96. The predicted molar refractivity (Wildman–Crippen MR) is 121 cm³/mol. The molecule has 1 N–H and O–H groups in total. The Balaban J connectivity index is 1.32. The number of ketones is 1. The molecule has 1 unspecified atom stereocenters. The molecule has 2 fully saturated rings. The molecule has 0 spiro atoms. The van der Waals surface area contributed by atoms with Gasteiger partial charge in [-0.05, 0) is 74.0 Å². The maximum absolute atomic E-state index is 12.0. The lowest BCUT2D eigenvalue weighted by Crippen LogP contribution is -2.34. The second-order valence-corrected chi connectivity index (χ2v) is 9.08. The molecule has 1 aliphatic heterocycles. The predicted octanol–water partition coefficient (Wildman–Crippen LogP) is 4.66. The molecule has 31 heavy (non-hydrogen) atoms. The van der Waals surface area contributed by atoms with Gasteiger partial charge in [0.25, 0.3) is 0 Å². The van der Waals surface area contributed by atoms with Crippen LogP contribution in [0.5, 0.6) is 0 Å². The number of likely N-dealkylation sites (tertiary alicyclic amines) is 1. The number of aliphatic hydroxyl groups excluding tert-OH is 1. The van der Waals surface area contributed by atoms with Gasteiger partial charge in [-0.1, -0.05) is 12.2 Å². The fourth-order valence-electron chi connectivity index (χ4n) is 4.95. The Morgan fingerprint density at radius 3 is 2.74 bits per heavy atom. The third-order valence-electron chi connectivity index (χ3n) is 6.92. The molecule has 3 aliphatic rings. The molecule has 0 radical (unpaired) electrons. The van der Waals surface area contributed by atoms with Crippen molar-refractivity contribution in [3.05, 3.63) is 65.3 Å². The third-order valence-corrected chi connectivity index (χ3v) is 6.92. The lowest BCUT2D eigenvalue weighted by molar-refractivity contribution is -0.114. The maximum Gasteiger partial charge on any atom is 0.161 e. The number of aromatic nitrogens is 1. The van der Waals surface area contributed by atoms with Crippen molar-refractivity contribution in [3.63, 3.8) is 0 Å². The van der Waals surface area contributed by atoms with E-state index in [2.05, 4.69) is 22.0 Å². The highest BCUT2D eigenvalue weighted by Crippen LogP contribution is 2.44. The Morgan fingerprint density at radius 2 is 2.03 bits per heavy atom. The van der Waals surface area contributed by atoms with Gasteiger partial charge in [0.1, 0.15) is 6.29 Å². The van der Waals surface area contributed by atoms with E-state index < -0.39 is 0 Å². The van der Waals surface area contributed by atoms with Crippen molar-refractivity contribution in [2.45, 2.75) is 57.3 Å². The van der Waals surface area contributed by atoms with Crippen LogP contribution in [-0.4, -0.2) is 40.1 Å². The van der Waals surface area contributed by atoms with Gasteiger partial charge in [-0.2, -0.15) is 0 Å². The SMILES string of the molecule is O=CCC(c1ccnc(CCC2CCN(C3=CC(=O)CC=CC3=CO)CC2)c1)C1CC1. The zero-order valence-electron chi connectivity index (χ0n) is 18.1. The molecule has 164 valence electrons.